The lowest BCUT2D eigenvalue weighted by Gasteiger charge is -2.69. The second-order valence-corrected chi connectivity index (χ2v) is 7.52. The Labute approximate surface area is 128 Å². The number of aliphatic hydroxyl groups is 1. The highest BCUT2D eigenvalue weighted by Gasteiger charge is 2.64. The highest BCUT2D eigenvalue weighted by molar-refractivity contribution is 5.92. The number of hydrogen-bond acceptors (Lipinski definition) is 4. The van der Waals surface area contributed by atoms with Gasteiger partial charge in [0.1, 0.15) is 5.78 Å². The molecule has 4 fully saturated rings. The summed E-state index contributed by atoms with van der Waals surface area (Å²) in [4.78, 5) is 17.7. The van der Waals surface area contributed by atoms with Crippen molar-refractivity contribution < 1.29 is 9.90 Å². The number of Topliss-reactive ketones (excluding diaryl/α,β-unsaturated/α-hetero) is 1. The molecule has 4 rings (SSSR count). The largest absolute Gasteiger partial charge is 0.397 e. The monoisotopic (exact) mass is 294 g/mol. The minimum absolute atomic E-state index is 0.133. The smallest absolute Gasteiger partial charge is 0.149 e. The van der Waals surface area contributed by atoms with Crippen LogP contribution < -0.4 is 0 Å². The summed E-state index contributed by atoms with van der Waals surface area (Å²) in [5, 5.41) is 7.57. The lowest BCUT2D eigenvalue weighted by molar-refractivity contribution is -0.225. The summed E-state index contributed by atoms with van der Waals surface area (Å²) in [5.41, 5.74) is -0.147. The predicted octanol–water partition coefficient (Wildman–Crippen LogP) is 1.89. The van der Waals surface area contributed by atoms with Crippen molar-refractivity contribution in [1.29, 1.82) is 0 Å². The van der Waals surface area contributed by atoms with Gasteiger partial charge in [-0.3, -0.25) is 14.6 Å². The van der Waals surface area contributed by atoms with Crippen LogP contribution in [0.5, 0.6) is 0 Å². The lowest BCUT2D eigenvalue weighted by atomic mass is 9.60. The van der Waals surface area contributed by atoms with Crippen LogP contribution in [0.25, 0.3) is 0 Å². The van der Waals surface area contributed by atoms with Crippen LogP contribution in [0.4, 0.5) is 0 Å². The molecule has 4 aliphatic rings. The van der Waals surface area contributed by atoms with E-state index >= 15 is 0 Å². The van der Waals surface area contributed by atoms with Crippen molar-refractivity contribution in [3.8, 4) is 0 Å². The van der Waals surface area contributed by atoms with E-state index in [1.165, 1.54) is 0 Å². The maximum Gasteiger partial charge on any atom is 0.149 e. The maximum atomic E-state index is 12.6. The van der Waals surface area contributed by atoms with Crippen LogP contribution in [0.3, 0.4) is 0 Å². The summed E-state index contributed by atoms with van der Waals surface area (Å²) in [5.74, 6) is 0.494. The fraction of sp³-hybridized carbons (Fsp3) is 0.824. The van der Waals surface area contributed by atoms with Crippen molar-refractivity contribution in [2.75, 3.05) is 32.8 Å². The third-order valence-electron chi connectivity index (χ3n) is 5.44. The highest BCUT2D eigenvalue weighted by atomic mass is 16.2. The minimum atomic E-state index is -0.140. The molecule has 4 bridgehead atoms. The van der Waals surface area contributed by atoms with Crippen molar-refractivity contribution in [3.05, 3.63) is 12.7 Å². The summed E-state index contributed by atoms with van der Waals surface area (Å²) in [6.07, 6.45) is 4.18. The second-order valence-electron chi connectivity index (χ2n) is 7.52. The molecule has 0 aromatic carbocycles. The molecule has 0 amide bonds. The van der Waals surface area contributed by atoms with Crippen molar-refractivity contribution in [2.24, 2.45) is 10.8 Å². The first kappa shape index (κ1) is 16.7. The van der Waals surface area contributed by atoms with Crippen LogP contribution in [0.1, 0.15) is 40.5 Å². The molecule has 4 saturated heterocycles. The topological polar surface area (TPSA) is 43.8 Å². The Morgan fingerprint density at radius 1 is 1.14 bits per heavy atom. The van der Waals surface area contributed by atoms with Gasteiger partial charge in [-0.15, -0.1) is 6.58 Å². The highest BCUT2D eigenvalue weighted by Crippen LogP contribution is 2.52. The van der Waals surface area contributed by atoms with Crippen molar-refractivity contribution >= 4 is 5.78 Å². The molecular formula is C17H30N2O2. The number of allylic oxidation sites excluding steroid dienone is 1. The van der Waals surface area contributed by atoms with Gasteiger partial charge in [0, 0.05) is 32.8 Å². The number of hydrogen-bond donors (Lipinski definition) is 1. The van der Waals surface area contributed by atoms with Crippen molar-refractivity contribution in [2.45, 2.75) is 46.2 Å². The molecule has 0 aliphatic carbocycles. The Morgan fingerprint density at radius 2 is 1.52 bits per heavy atom. The van der Waals surface area contributed by atoms with Crippen molar-refractivity contribution in [3.63, 3.8) is 0 Å². The van der Waals surface area contributed by atoms with Gasteiger partial charge >= 0.3 is 0 Å². The summed E-state index contributed by atoms with van der Waals surface area (Å²) < 4.78 is 0. The molecule has 0 spiro atoms. The van der Waals surface area contributed by atoms with Crippen molar-refractivity contribution in [1.82, 2.24) is 9.80 Å². The van der Waals surface area contributed by atoms with Gasteiger partial charge in [-0.2, -0.15) is 0 Å². The summed E-state index contributed by atoms with van der Waals surface area (Å²) in [6, 6.07) is 0. The second kappa shape index (κ2) is 5.49. The first-order valence-corrected chi connectivity index (χ1v) is 8.02. The molecule has 1 N–H and O–H groups in total. The molecule has 0 radical (unpaired) electrons. The van der Waals surface area contributed by atoms with Gasteiger partial charge in [-0.05, 0) is 26.7 Å². The summed E-state index contributed by atoms with van der Waals surface area (Å²) in [6.45, 7) is 16.2. The van der Waals surface area contributed by atoms with Crippen LogP contribution in [-0.2, 0) is 4.79 Å². The standard InChI is InChI=1S/C15H24N2O.C2H6O/c1-5-6-7-15(4)16-8-13(2)9-17(15)11-14(3,10-16)12(13)18;1-2-3/h5H,1,6-11H2,2-4H3;3H,2H2,1H3. The van der Waals surface area contributed by atoms with Gasteiger partial charge in [0.2, 0.25) is 0 Å². The average molecular weight is 294 g/mol. The zero-order chi connectivity index (χ0) is 15.9. The Morgan fingerprint density at radius 3 is 1.86 bits per heavy atom. The number of aliphatic hydroxyl groups excluding tert-OH is 1. The van der Waals surface area contributed by atoms with Gasteiger partial charge in [0.25, 0.3) is 0 Å². The van der Waals surface area contributed by atoms with E-state index in [9.17, 15) is 4.79 Å². The quantitative estimate of drug-likeness (QED) is 0.807. The molecule has 120 valence electrons. The fourth-order valence-corrected chi connectivity index (χ4v) is 4.49. The molecule has 4 nitrogen and oxygen atoms in total. The first-order chi connectivity index (χ1) is 9.75. The number of piperidine rings is 2. The van der Waals surface area contributed by atoms with E-state index in [0.29, 0.717) is 5.78 Å². The molecule has 0 aromatic rings. The molecular weight excluding hydrogens is 264 g/mol. The van der Waals surface area contributed by atoms with Gasteiger partial charge in [0.15, 0.2) is 0 Å². The van der Waals surface area contributed by atoms with Crippen LogP contribution in [0, 0.1) is 10.8 Å². The number of nitrogens with zero attached hydrogens (tertiary/aromatic N) is 2. The fourth-order valence-electron chi connectivity index (χ4n) is 4.49. The molecule has 4 heterocycles. The third kappa shape index (κ3) is 2.47. The molecule has 0 unspecified atom stereocenters. The van der Waals surface area contributed by atoms with Crippen LogP contribution in [-0.4, -0.2) is 59.1 Å². The van der Waals surface area contributed by atoms with Crippen LogP contribution >= 0.6 is 0 Å². The Balaban J connectivity index is 0.000000497. The zero-order valence-corrected chi connectivity index (χ0v) is 14.0. The molecule has 0 saturated carbocycles. The predicted molar refractivity (Wildman–Crippen MR) is 85.0 cm³/mol. The molecule has 21 heavy (non-hydrogen) atoms. The molecule has 0 atom stereocenters. The number of rotatable bonds is 3. The van der Waals surface area contributed by atoms with E-state index in [1.54, 1.807) is 6.92 Å². The Kier molecular flexibility index (Phi) is 4.35. The van der Waals surface area contributed by atoms with E-state index in [4.69, 9.17) is 5.11 Å². The van der Waals surface area contributed by atoms with E-state index < -0.39 is 0 Å². The summed E-state index contributed by atoms with van der Waals surface area (Å²) in [7, 11) is 0. The van der Waals surface area contributed by atoms with E-state index in [2.05, 4.69) is 37.1 Å². The average Bonchev–Trinajstić information content (AvgIpc) is 2.39. The first-order valence-electron chi connectivity index (χ1n) is 8.02. The molecule has 4 heteroatoms. The van der Waals surface area contributed by atoms with E-state index in [0.717, 1.165) is 39.0 Å². The van der Waals surface area contributed by atoms with Gasteiger partial charge in [0.05, 0.1) is 16.5 Å². The SMILES string of the molecule is C=CCCC1(C)N2CC3(C)CN1CC(C)(C2)C3=O.CCO. The summed E-state index contributed by atoms with van der Waals surface area (Å²) >= 11 is 0. The van der Waals surface area contributed by atoms with Crippen LogP contribution in [0.15, 0.2) is 12.7 Å². The number of carbonyl (C=O) groups excluding carboxylic acids is 1. The third-order valence-corrected chi connectivity index (χ3v) is 5.44. The normalized spacial score (nSPS) is 47.0. The van der Waals surface area contributed by atoms with E-state index in [-0.39, 0.29) is 23.1 Å². The zero-order valence-electron chi connectivity index (χ0n) is 14.0. The lowest BCUT2D eigenvalue weighted by Crippen LogP contribution is -2.82. The molecule has 4 aliphatic heterocycles. The maximum absolute atomic E-state index is 12.6. The minimum Gasteiger partial charge on any atom is -0.397 e. The van der Waals surface area contributed by atoms with E-state index in [1.807, 2.05) is 6.08 Å². The number of carbonyl (C=O) groups is 1. The van der Waals surface area contributed by atoms with Crippen LogP contribution in [0.2, 0.25) is 0 Å². The van der Waals surface area contributed by atoms with Gasteiger partial charge < -0.3 is 5.11 Å². The van der Waals surface area contributed by atoms with Gasteiger partial charge in [-0.1, -0.05) is 19.9 Å². The molecule has 0 aromatic heterocycles. The number of ketones is 1. The Hall–Kier alpha value is -0.710. The Bertz CT molecular complexity index is 393. The van der Waals surface area contributed by atoms with Gasteiger partial charge in [-0.25, -0.2) is 0 Å².